The largest absolute Gasteiger partial charge is 0.465 e. The van der Waals surface area contributed by atoms with Crippen molar-refractivity contribution in [3.63, 3.8) is 0 Å². The number of hydrogen-bond acceptors (Lipinski definition) is 5. The molecule has 98 valence electrons. The Kier molecular flexibility index (Phi) is 3.71. The molecule has 0 spiro atoms. The summed E-state index contributed by atoms with van der Waals surface area (Å²) >= 11 is 1.34. The Labute approximate surface area is 111 Å². The van der Waals surface area contributed by atoms with Gasteiger partial charge in [-0.05, 0) is 17.7 Å². The predicted molar refractivity (Wildman–Crippen MR) is 69.1 cm³/mol. The number of carbonyl (C=O) groups is 1. The van der Waals surface area contributed by atoms with Gasteiger partial charge in [0.15, 0.2) is 0 Å². The number of nitrogens with zero attached hydrogens (tertiary/aromatic N) is 2. The summed E-state index contributed by atoms with van der Waals surface area (Å²) in [5.74, 6) is 0. The molecule has 0 atom stereocenters. The summed E-state index contributed by atoms with van der Waals surface area (Å²) in [6, 6.07) is 6.12. The van der Waals surface area contributed by atoms with Gasteiger partial charge in [-0.1, -0.05) is 0 Å². The van der Waals surface area contributed by atoms with E-state index in [2.05, 4.69) is 10.3 Å². The second kappa shape index (κ2) is 5.44. The molecule has 0 fully saturated rings. The molecule has 7 nitrogen and oxygen atoms in total. The van der Waals surface area contributed by atoms with Crippen molar-refractivity contribution in [2.45, 2.75) is 6.54 Å². The number of carboxylic acid groups (broad SMARTS) is 1. The zero-order valence-electron chi connectivity index (χ0n) is 9.57. The molecule has 19 heavy (non-hydrogen) atoms. The van der Waals surface area contributed by atoms with Gasteiger partial charge in [-0.2, -0.15) is 0 Å². The lowest BCUT2D eigenvalue weighted by Crippen LogP contribution is -2.19. The molecule has 0 aliphatic heterocycles. The Bertz CT molecular complexity index is 609. The molecule has 2 rings (SSSR count). The highest BCUT2D eigenvalue weighted by Gasteiger charge is 2.08. The minimum absolute atomic E-state index is 0.0287. The van der Waals surface area contributed by atoms with Crippen LogP contribution < -0.4 is 5.32 Å². The first-order chi connectivity index (χ1) is 9.06. The van der Waals surface area contributed by atoms with Gasteiger partial charge < -0.3 is 10.4 Å². The average molecular weight is 279 g/mol. The highest BCUT2D eigenvalue weighted by atomic mass is 32.1. The lowest BCUT2D eigenvalue weighted by atomic mass is 10.2. The number of benzene rings is 1. The highest BCUT2D eigenvalue weighted by molar-refractivity contribution is 7.15. The predicted octanol–water partition coefficient (Wildman–Crippen LogP) is 2.49. The lowest BCUT2D eigenvalue weighted by Gasteiger charge is -1.96. The van der Waals surface area contributed by atoms with E-state index < -0.39 is 11.0 Å². The molecule has 1 aromatic carbocycles. The number of nitro groups is 1. The Hall–Kier alpha value is -2.48. The van der Waals surface area contributed by atoms with Crippen LogP contribution >= 0.6 is 11.3 Å². The smallest absolute Gasteiger partial charge is 0.405 e. The third-order valence-corrected chi connectivity index (χ3v) is 3.35. The van der Waals surface area contributed by atoms with Crippen molar-refractivity contribution in [3.05, 3.63) is 45.6 Å². The number of nitro benzene ring substituents is 1. The van der Waals surface area contributed by atoms with E-state index >= 15 is 0 Å². The van der Waals surface area contributed by atoms with Gasteiger partial charge in [0.1, 0.15) is 5.01 Å². The van der Waals surface area contributed by atoms with Gasteiger partial charge in [-0.25, -0.2) is 9.78 Å². The standard InChI is InChI=1S/C11H9N3O4S/c15-11(16)13-6-10-12-5-9(19-10)7-1-3-8(4-2-7)14(17)18/h1-5,13H,6H2,(H,15,16). The van der Waals surface area contributed by atoms with Gasteiger partial charge in [0.25, 0.3) is 5.69 Å². The zero-order valence-corrected chi connectivity index (χ0v) is 10.4. The van der Waals surface area contributed by atoms with Crippen LogP contribution in [-0.4, -0.2) is 21.1 Å². The van der Waals surface area contributed by atoms with E-state index in [9.17, 15) is 14.9 Å². The SMILES string of the molecule is O=C(O)NCc1ncc(-c2ccc([N+](=O)[O-])cc2)s1. The molecule has 1 amide bonds. The van der Waals surface area contributed by atoms with Crippen molar-refractivity contribution in [1.29, 1.82) is 0 Å². The summed E-state index contributed by atoms with van der Waals surface area (Å²) in [6.45, 7) is 0.146. The molecule has 0 saturated heterocycles. The van der Waals surface area contributed by atoms with Gasteiger partial charge in [0.05, 0.1) is 16.3 Å². The fraction of sp³-hybridized carbons (Fsp3) is 0.0909. The van der Waals surface area contributed by atoms with Crippen LogP contribution in [0.4, 0.5) is 10.5 Å². The molecular formula is C11H9N3O4S. The fourth-order valence-corrected chi connectivity index (χ4v) is 2.29. The first-order valence-electron chi connectivity index (χ1n) is 5.22. The highest BCUT2D eigenvalue weighted by Crippen LogP contribution is 2.27. The molecular weight excluding hydrogens is 270 g/mol. The molecule has 8 heteroatoms. The van der Waals surface area contributed by atoms with E-state index in [1.165, 1.54) is 23.5 Å². The van der Waals surface area contributed by atoms with Crippen LogP contribution in [0.25, 0.3) is 10.4 Å². The second-order valence-corrected chi connectivity index (χ2v) is 4.70. The normalized spacial score (nSPS) is 10.1. The number of hydrogen-bond donors (Lipinski definition) is 2. The molecule has 0 aliphatic rings. The Balaban J connectivity index is 2.13. The summed E-state index contributed by atoms with van der Waals surface area (Å²) in [6.07, 6.45) is 0.511. The summed E-state index contributed by atoms with van der Waals surface area (Å²) in [7, 11) is 0. The molecule has 0 radical (unpaired) electrons. The van der Waals surface area contributed by atoms with Gasteiger partial charge >= 0.3 is 6.09 Å². The third-order valence-electron chi connectivity index (χ3n) is 2.31. The first kappa shape index (κ1) is 13.0. The van der Waals surface area contributed by atoms with Gasteiger partial charge in [-0.3, -0.25) is 10.1 Å². The Morgan fingerprint density at radius 3 is 2.68 bits per heavy atom. The van der Waals surface area contributed by atoms with Crippen LogP contribution in [-0.2, 0) is 6.54 Å². The maximum atomic E-state index is 10.5. The van der Waals surface area contributed by atoms with Crippen LogP contribution in [0.15, 0.2) is 30.5 Å². The van der Waals surface area contributed by atoms with Gasteiger partial charge in [0.2, 0.25) is 0 Å². The number of nitrogens with one attached hydrogen (secondary N) is 1. The van der Waals surface area contributed by atoms with Crippen molar-refractivity contribution in [3.8, 4) is 10.4 Å². The summed E-state index contributed by atoms with van der Waals surface area (Å²) in [5.41, 5.74) is 0.839. The topological polar surface area (TPSA) is 105 Å². The van der Waals surface area contributed by atoms with Gasteiger partial charge in [-0.15, -0.1) is 11.3 Å². The molecule has 1 aromatic heterocycles. The average Bonchev–Trinajstić information content (AvgIpc) is 2.85. The van der Waals surface area contributed by atoms with E-state index in [0.717, 1.165) is 10.4 Å². The van der Waals surface area contributed by atoms with Crippen LogP contribution in [0.2, 0.25) is 0 Å². The molecule has 1 heterocycles. The molecule has 0 saturated carbocycles. The molecule has 0 unspecified atom stereocenters. The monoisotopic (exact) mass is 279 g/mol. The number of amides is 1. The molecule has 2 aromatic rings. The summed E-state index contributed by atoms with van der Waals surface area (Å²) in [4.78, 5) is 25.3. The Morgan fingerprint density at radius 2 is 2.11 bits per heavy atom. The molecule has 0 aliphatic carbocycles. The van der Waals surface area contributed by atoms with E-state index in [4.69, 9.17) is 5.11 Å². The van der Waals surface area contributed by atoms with Crippen LogP contribution in [0, 0.1) is 10.1 Å². The summed E-state index contributed by atoms with van der Waals surface area (Å²) in [5, 5.41) is 21.9. The molecule has 2 N–H and O–H groups in total. The zero-order chi connectivity index (χ0) is 13.8. The van der Waals surface area contributed by atoms with E-state index in [0.29, 0.717) is 5.01 Å². The van der Waals surface area contributed by atoms with E-state index in [1.807, 2.05) is 0 Å². The number of non-ortho nitro benzene ring substituents is 1. The van der Waals surface area contributed by atoms with Crippen molar-refractivity contribution in [2.75, 3.05) is 0 Å². The van der Waals surface area contributed by atoms with Gasteiger partial charge in [0, 0.05) is 18.3 Å². The van der Waals surface area contributed by atoms with Crippen molar-refractivity contribution < 1.29 is 14.8 Å². The minimum atomic E-state index is -1.10. The van der Waals surface area contributed by atoms with Crippen molar-refractivity contribution >= 4 is 23.1 Å². The van der Waals surface area contributed by atoms with E-state index in [1.54, 1.807) is 18.3 Å². The van der Waals surface area contributed by atoms with Crippen LogP contribution in [0.5, 0.6) is 0 Å². The lowest BCUT2D eigenvalue weighted by molar-refractivity contribution is -0.384. The minimum Gasteiger partial charge on any atom is -0.465 e. The van der Waals surface area contributed by atoms with Crippen molar-refractivity contribution in [2.24, 2.45) is 0 Å². The molecule has 0 bridgehead atoms. The van der Waals surface area contributed by atoms with E-state index in [-0.39, 0.29) is 12.2 Å². The van der Waals surface area contributed by atoms with Crippen molar-refractivity contribution in [1.82, 2.24) is 10.3 Å². The number of rotatable bonds is 4. The second-order valence-electron chi connectivity index (χ2n) is 3.58. The van der Waals surface area contributed by atoms with Crippen LogP contribution in [0.1, 0.15) is 5.01 Å². The third kappa shape index (κ3) is 3.26. The fourth-order valence-electron chi connectivity index (χ4n) is 1.42. The maximum Gasteiger partial charge on any atom is 0.405 e. The Morgan fingerprint density at radius 1 is 1.42 bits per heavy atom. The first-order valence-corrected chi connectivity index (χ1v) is 6.04. The number of thiazole rings is 1. The summed E-state index contributed by atoms with van der Waals surface area (Å²) < 4.78 is 0. The van der Waals surface area contributed by atoms with Crippen LogP contribution in [0.3, 0.4) is 0 Å². The maximum absolute atomic E-state index is 10.5. The number of aromatic nitrogens is 1. The quantitative estimate of drug-likeness (QED) is 0.660.